The molecule has 3 heterocycles. The number of nitrogens with zero attached hydrogens (tertiary/aromatic N) is 3. The summed E-state index contributed by atoms with van der Waals surface area (Å²) in [5.74, 6) is 1.30. The number of anilines is 1. The Balaban J connectivity index is 1.64. The highest BCUT2D eigenvalue weighted by Crippen LogP contribution is 2.43. The molecule has 5 heteroatoms. The molecule has 3 aliphatic rings. The Labute approximate surface area is 214 Å². The molecule has 0 radical (unpaired) electrons. The number of allylic oxidation sites excluding steroid dienone is 6. The number of benzene rings is 2. The molecule has 168 valence electrons. The third-order valence-electron chi connectivity index (χ3n) is 6.54. The van der Waals surface area contributed by atoms with Gasteiger partial charge in [0.2, 0.25) is 0 Å². The summed E-state index contributed by atoms with van der Waals surface area (Å²) in [7, 11) is 0. The van der Waals surface area contributed by atoms with E-state index in [0.29, 0.717) is 17.1 Å². The Morgan fingerprint density at radius 3 is 2.65 bits per heavy atom. The summed E-state index contributed by atoms with van der Waals surface area (Å²) in [6.07, 6.45) is 12.2. The zero-order valence-electron chi connectivity index (χ0n) is 19.1. The van der Waals surface area contributed by atoms with E-state index in [1.807, 2.05) is 19.1 Å². The van der Waals surface area contributed by atoms with Crippen LogP contribution in [-0.4, -0.2) is 13.1 Å². The predicted octanol–water partition coefficient (Wildman–Crippen LogP) is 7.19. The van der Waals surface area contributed by atoms with Crippen LogP contribution in [0.25, 0.3) is 22.0 Å². The molecular weight excluding hydrogens is 533 g/mol. The fourth-order valence-electron chi connectivity index (χ4n) is 5.18. The molecule has 0 unspecified atom stereocenters. The first-order valence-corrected chi connectivity index (χ1v) is 12.6. The van der Waals surface area contributed by atoms with Gasteiger partial charge in [0.05, 0.1) is 12.6 Å². The number of halogens is 1. The monoisotopic (exact) mass is 557 g/mol. The number of hydrogen-bond acceptors (Lipinski definition) is 3. The molecule has 0 fully saturated rings. The van der Waals surface area contributed by atoms with E-state index in [9.17, 15) is 5.26 Å². The van der Waals surface area contributed by atoms with Crippen molar-refractivity contribution in [3.63, 3.8) is 0 Å². The lowest BCUT2D eigenvalue weighted by Crippen LogP contribution is -2.34. The van der Waals surface area contributed by atoms with Crippen LogP contribution in [0.5, 0.6) is 0 Å². The molecule has 0 saturated heterocycles. The van der Waals surface area contributed by atoms with Gasteiger partial charge in [-0.1, -0.05) is 18.2 Å². The quantitative estimate of drug-likeness (QED) is 0.228. The van der Waals surface area contributed by atoms with Crippen molar-refractivity contribution in [3.05, 3.63) is 103 Å². The zero-order chi connectivity index (χ0) is 23.7. The van der Waals surface area contributed by atoms with E-state index in [-0.39, 0.29) is 5.70 Å². The third-order valence-corrected chi connectivity index (χ3v) is 7.26. The maximum Gasteiger partial charge on any atom is 0.269 e. The van der Waals surface area contributed by atoms with Gasteiger partial charge in [-0.2, -0.15) is 0 Å². The second-order valence-electron chi connectivity index (χ2n) is 8.79. The van der Waals surface area contributed by atoms with E-state index in [0.717, 1.165) is 25.9 Å². The van der Waals surface area contributed by atoms with Crippen molar-refractivity contribution in [2.24, 2.45) is 0 Å². The Morgan fingerprint density at radius 1 is 1.15 bits per heavy atom. The zero-order valence-corrected chi connectivity index (χ0v) is 21.2. The van der Waals surface area contributed by atoms with E-state index in [1.165, 1.54) is 49.9 Å². The lowest BCUT2D eigenvalue weighted by atomic mass is 9.83. The van der Waals surface area contributed by atoms with Crippen LogP contribution in [0, 0.1) is 21.5 Å². The minimum absolute atomic E-state index is 0.0754. The highest BCUT2D eigenvalue weighted by atomic mass is 127. The molecule has 0 saturated carbocycles. The summed E-state index contributed by atoms with van der Waals surface area (Å²) < 4.78 is 7.14. The van der Waals surface area contributed by atoms with E-state index in [4.69, 9.17) is 11.3 Å². The van der Waals surface area contributed by atoms with Gasteiger partial charge in [0.15, 0.2) is 0 Å². The molecule has 34 heavy (non-hydrogen) atoms. The molecule has 0 aliphatic carbocycles. The fourth-order valence-corrected chi connectivity index (χ4v) is 5.54. The number of rotatable bonds is 3. The number of nitriles is 1. The van der Waals surface area contributed by atoms with Crippen LogP contribution in [0.4, 0.5) is 5.69 Å². The first-order chi connectivity index (χ1) is 16.6. The van der Waals surface area contributed by atoms with Crippen molar-refractivity contribution >= 4 is 34.4 Å². The third kappa shape index (κ3) is 4.29. The predicted molar refractivity (Wildman–Crippen MR) is 145 cm³/mol. The summed E-state index contributed by atoms with van der Waals surface area (Å²) in [6.45, 7) is 11.4. The average molecular weight is 557 g/mol. The van der Waals surface area contributed by atoms with Crippen molar-refractivity contribution in [2.75, 3.05) is 18.0 Å². The van der Waals surface area contributed by atoms with Gasteiger partial charge in [0.1, 0.15) is 11.5 Å². The largest absolute Gasteiger partial charge is 0.462 e. The van der Waals surface area contributed by atoms with Gasteiger partial charge in [-0.05, 0) is 125 Å². The van der Waals surface area contributed by atoms with Crippen molar-refractivity contribution in [1.82, 2.24) is 0 Å². The number of hydrogen-bond donors (Lipinski definition) is 0. The molecule has 0 atom stereocenters. The van der Waals surface area contributed by atoms with Crippen molar-refractivity contribution in [1.29, 1.82) is 5.26 Å². The molecular formula is C29H24IN3O. The SMILES string of the molecule is [C-]#[N+]/C(C#N)=C1/C=C(C)OC(/C=C/c2cc3c4c(c2-c2ccc(I)cc2)CCCN4CCC3)=C1. The van der Waals surface area contributed by atoms with Crippen LogP contribution >= 0.6 is 22.6 Å². The summed E-state index contributed by atoms with van der Waals surface area (Å²) in [6, 6.07) is 13.1. The molecule has 2 aromatic rings. The van der Waals surface area contributed by atoms with Crippen LogP contribution in [0.2, 0.25) is 0 Å². The van der Waals surface area contributed by atoms with Gasteiger partial charge in [0, 0.05) is 22.3 Å². The Morgan fingerprint density at radius 2 is 1.91 bits per heavy atom. The van der Waals surface area contributed by atoms with Crippen LogP contribution < -0.4 is 4.90 Å². The lowest BCUT2D eigenvalue weighted by Gasteiger charge is -2.38. The maximum absolute atomic E-state index is 9.29. The molecule has 3 aliphatic heterocycles. The lowest BCUT2D eigenvalue weighted by molar-refractivity contribution is 0.318. The van der Waals surface area contributed by atoms with E-state index < -0.39 is 0 Å². The van der Waals surface area contributed by atoms with Gasteiger partial charge in [0.25, 0.3) is 5.70 Å². The maximum atomic E-state index is 9.29. The average Bonchev–Trinajstić information content (AvgIpc) is 2.84. The molecule has 0 aromatic heterocycles. The van der Waals surface area contributed by atoms with Crippen LogP contribution in [0.1, 0.15) is 36.5 Å². The normalized spacial score (nSPS) is 18.3. The molecule has 5 rings (SSSR count). The summed E-state index contributed by atoms with van der Waals surface area (Å²) in [5, 5.41) is 9.29. The van der Waals surface area contributed by atoms with Gasteiger partial charge in [-0.3, -0.25) is 0 Å². The van der Waals surface area contributed by atoms with Gasteiger partial charge >= 0.3 is 0 Å². The summed E-state index contributed by atoms with van der Waals surface area (Å²) >= 11 is 2.35. The van der Waals surface area contributed by atoms with Gasteiger partial charge in [-0.25, -0.2) is 10.1 Å². The van der Waals surface area contributed by atoms with E-state index in [1.54, 1.807) is 12.2 Å². The van der Waals surface area contributed by atoms with E-state index >= 15 is 0 Å². The molecule has 2 aromatic carbocycles. The van der Waals surface area contributed by atoms with Gasteiger partial charge < -0.3 is 9.64 Å². The Kier molecular flexibility index (Phi) is 6.30. The number of ether oxygens (including phenoxy) is 1. The molecule has 0 N–H and O–H groups in total. The molecule has 4 nitrogen and oxygen atoms in total. The van der Waals surface area contributed by atoms with Crippen molar-refractivity contribution in [3.8, 4) is 17.2 Å². The van der Waals surface area contributed by atoms with Crippen LogP contribution in [0.15, 0.2) is 71.3 Å². The highest BCUT2D eigenvalue weighted by molar-refractivity contribution is 14.1. The Hall–Kier alpha value is -3.29. The minimum atomic E-state index is 0.0754. The molecule has 0 amide bonds. The summed E-state index contributed by atoms with van der Waals surface area (Å²) in [4.78, 5) is 5.93. The first-order valence-electron chi connectivity index (χ1n) is 11.5. The number of aryl methyl sites for hydroxylation is 1. The van der Waals surface area contributed by atoms with Crippen molar-refractivity contribution in [2.45, 2.75) is 32.6 Å². The summed E-state index contributed by atoms with van der Waals surface area (Å²) in [5.41, 5.74) is 8.74. The van der Waals surface area contributed by atoms with Gasteiger partial charge in [-0.15, -0.1) is 0 Å². The highest BCUT2D eigenvalue weighted by Gasteiger charge is 2.27. The van der Waals surface area contributed by atoms with E-state index in [2.05, 4.69) is 68.7 Å². The second-order valence-corrected chi connectivity index (χ2v) is 10.0. The fraction of sp³-hybridized carbons (Fsp3) is 0.241. The smallest absolute Gasteiger partial charge is 0.269 e. The standard InChI is InChI=1S/C29H24IN3O/c1-19-15-23(27(18-31)32-2)17-25(34-19)12-9-21-16-22-5-3-13-33-14-4-6-26(29(22)33)28(21)20-7-10-24(30)11-8-20/h7-12,15-17H,3-6,13-14H2,1H3/b12-9+,27-23-. The first kappa shape index (κ1) is 22.5. The van der Waals surface area contributed by atoms with Crippen LogP contribution in [-0.2, 0) is 17.6 Å². The molecule has 0 spiro atoms. The van der Waals surface area contributed by atoms with Crippen LogP contribution in [0.3, 0.4) is 0 Å². The molecule has 0 bridgehead atoms. The van der Waals surface area contributed by atoms with Crippen molar-refractivity contribution < 1.29 is 4.74 Å². The second kappa shape index (κ2) is 9.52. The topological polar surface area (TPSA) is 40.6 Å². The Bertz CT molecular complexity index is 1350. The minimum Gasteiger partial charge on any atom is -0.462 e.